The second kappa shape index (κ2) is 6.56. The van der Waals surface area contributed by atoms with Crippen LogP contribution < -0.4 is 0 Å². The molecule has 0 saturated carbocycles. The van der Waals surface area contributed by atoms with Crippen LogP contribution in [0.2, 0.25) is 0 Å². The van der Waals surface area contributed by atoms with E-state index in [2.05, 4.69) is 0 Å². The smallest absolute Gasteiger partial charge is 0.759 e. The van der Waals surface area contributed by atoms with E-state index < -0.39 is 10.4 Å². The molecule has 0 bridgehead atoms. The molecule has 1 radical (unpaired) electrons. The van der Waals surface area contributed by atoms with E-state index in [-0.39, 0.29) is 86.0 Å². The maximum Gasteiger partial charge on any atom is 2.00 e. The van der Waals surface area contributed by atoms with Gasteiger partial charge < -0.3 is 9.11 Å². The molecular formula is CsFeO4S. The van der Waals surface area contributed by atoms with E-state index in [4.69, 9.17) is 17.5 Å². The molecule has 0 heterocycles. The van der Waals surface area contributed by atoms with E-state index in [1.54, 1.807) is 0 Å². The van der Waals surface area contributed by atoms with Gasteiger partial charge in [0.15, 0.2) is 0 Å². The maximum atomic E-state index is 8.52. The topological polar surface area (TPSA) is 80.3 Å². The van der Waals surface area contributed by atoms with Crippen LogP contribution in [0.4, 0.5) is 0 Å². The molecule has 7 heavy (non-hydrogen) atoms. The largest absolute Gasteiger partial charge is 2.00 e. The zero-order valence-electron chi connectivity index (χ0n) is 3.39. The average molecular weight is 285 g/mol. The Bertz CT molecular complexity index is 94.9. The fourth-order valence-corrected chi connectivity index (χ4v) is 0. The van der Waals surface area contributed by atoms with Crippen molar-refractivity contribution in [3.8, 4) is 0 Å². The molecule has 0 aromatic heterocycles. The molecule has 0 fully saturated rings. The van der Waals surface area contributed by atoms with Gasteiger partial charge in [-0.2, -0.15) is 0 Å². The Kier molecular flexibility index (Phi) is 15.2. The summed E-state index contributed by atoms with van der Waals surface area (Å²) in [5, 5.41) is 0. The van der Waals surface area contributed by atoms with Crippen molar-refractivity contribution in [2.24, 2.45) is 0 Å². The SMILES string of the molecule is O=S(=O)([O-])[O-].[Cs].[Fe+2]. The van der Waals surface area contributed by atoms with E-state index in [1.165, 1.54) is 0 Å². The minimum absolute atomic E-state index is 0. The minimum Gasteiger partial charge on any atom is -0.759 e. The molecule has 0 spiro atoms. The number of hydrogen-bond acceptors (Lipinski definition) is 4. The van der Waals surface area contributed by atoms with Crippen LogP contribution in [0, 0.1) is 0 Å². The van der Waals surface area contributed by atoms with Crippen molar-refractivity contribution in [3.63, 3.8) is 0 Å². The summed E-state index contributed by atoms with van der Waals surface area (Å²) >= 11 is 0. The van der Waals surface area contributed by atoms with Crippen molar-refractivity contribution < 1.29 is 34.6 Å². The normalized spacial score (nSPS) is 8.29. The van der Waals surface area contributed by atoms with Gasteiger partial charge in [0.25, 0.3) is 0 Å². The zero-order valence-corrected chi connectivity index (χ0v) is 11.6. The van der Waals surface area contributed by atoms with Gasteiger partial charge in [-0.25, -0.2) is 0 Å². The fourth-order valence-electron chi connectivity index (χ4n) is 0. The van der Waals surface area contributed by atoms with Gasteiger partial charge in [0.1, 0.15) is 0 Å². The van der Waals surface area contributed by atoms with Crippen LogP contribution in [0.3, 0.4) is 0 Å². The van der Waals surface area contributed by atoms with Crippen molar-refractivity contribution in [1.29, 1.82) is 0 Å². The van der Waals surface area contributed by atoms with Crippen LogP contribution in [0.5, 0.6) is 0 Å². The van der Waals surface area contributed by atoms with Crippen LogP contribution >= 0.6 is 0 Å². The molecule has 0 aliphatic heterocycles. The Morgan fingerprint density at radius 2 is 1.14 bits per heavy atom. The Morgan fingerprint density at radius 3 is 1.14 bits per heavy atom. The van der Waals surface area contributed by atoms with Gasteiger partial charge in [0.2, 0.25) is 0 Å². The van der Waals surface area contributed by atoms with Crippen molar-refractivity contribution >= 4 is 79.3 Å². The van der Waals surface area contributed by atoms with Crippen molar-refractivity contribution in [1.82, 2.24) is 0 Å². The molecule has 0 amide bonds. The van der Waals surface area contributed by atoms with Crippen molar-refractivity contribution in [3.05, 3.63) is 0 Å². The molecule has 0 N–H and O–H groups in total. The first-order valence-corrected chi connectivity index (χ1v) is 2.00. The average Bonchev–Trinajstić information content (AvgIpc) is 0.722. The van der Waals surface area contributed by atoms with E-state index in [0.717, 1.165) is 0 Å². The van der Waals surface area contributed by atoms with E-state index in [1.807, 2.05) is 0 Å². The first-order chi connectivity index (χ1) is 2.00. The molecule has 0 aliphatic rings. The molecule has 0 unspecified atom stereocenters. The van der Waals surface area contributed by atoms with E-state index >= 15 is 0 Å². The van der Waals surface area contributed by atoms with E-state index in [0.29, 0.717) is 0 Å². The maximum absolute atomic E-state index is 8.52. The third kappa shape index (κ3) is 58.8. The Hall–Kier alpha value is 2.44. The summed E-state index contributed by atoms with van der Waals surface area (Å²) in [5.41, 5.74) is 0. The number of rotatable bonds is 0. The molecule has 7 heteroatoms. The van der Waals surface area contributed by atoms with Crippen LogP contribution in [-0.2, 0) is 27.5 Å². The molecule has 4 nitrogen and oxygen atoms in total. The van der Waals surface area contributed by atoms with Crippen molar-refractivity contribution in [2.75, 3.05) is 0 Å². The van der Waals surface area contributed by atoms with Gasteiger partial charge in [-0.3, -0.25) is 8.42 Å². The molecule has 0 aromatic carbocycles. The summed E-state index contributed by atoms with van der Waals surface area (Å²) in [6, 6.07) is 0. The molecule has 0 rings (SSSR count). The number of hydrogen-bond donors (Lipinski definition) is 0. The molecule has 0 atom stereocenters. The fraction of sp³-hybridized carbons (Fsp3) is 0. The van der Waals surface area contributed by atoms with Gasteiger partial charge in [-0.15, -0.1) is 0 Å². The summed E-state index contributed by atoms with van der Waals surface area (Å²) in [4.78, 5) is 0. The van der Waals surface area contributed by atoms with Gasteiger partial charge in [-0.05, 0) is 0 Å². The predicted molar refractivity (Wildman–Crippen MR) is 16.2 cm³/mol. The second-order valence-electron chi connectivity index (χ2n) is 0.408. The molecule has 39 valence electrons. The summed E-state index contributed by atoms with van der Waals surface area (Å²) in [6.07, 6.45) is 0. The summed E-state index contributed by atoms with van der Waals surface area (Å²) in [5.74, 6) is 0. The predicted octanol–water partition coefficient (Wildman–Crippen LogP) is -1.72. The monoisotopic (exact) mass is 285 g/mol. The third-order valence-electron chi connectivity index (χ3n) is 0. The molecule has 0 aliphatic carbocycles. The van der Waals surface area contributed by atoms with Gasteiger partial charge in [-0.1, -0.05) is 0 Å². The third-order valence-corrected chi connectivity index (χ3v) is 0. The van der Waals surface area contributed by atoms with Crippen LogP contribution in [0.15, 0.2) is 0 Å². The van der Waals surface area contributed by atoms with Crippen molar-refractivity contribution in [2.45, 2.75) is 0 Å². The van der Waals surface area contributed by atoms with Crippen LogP contribution in [0.25, 0.3) is 0 Å². The first kappa shape index (κ1) is 16.2. The van der Waals surface area contributed by atoms with Crippen LogP contribution in [-0.4, -0.2) is 86.4 Å². The summed E-state index contributed by atoms with van der Waals surface area (Å²) in [7, 11) is -5.17. The van der Waals surface area contributed by atoms with E-state index in [9.17, 15) is 0 Å². The Balaban J connectivity index is -0.0000000800. The summed E-state index contributed by atoms with van der Waals surface area (Å²) < 4.78 is 34.1. The zero-order chi connectivity index (χ0) is 4.50. The molecule has 0 saturated heterocycles. The second-order valence-corrected chi connectivity index (χ2v) is 1.22. The first-order valence-electron chi connectivity index (χ1n) is 0.667. The van der Waals surface area contributed by atoms with Gasteiger partial charge >= 0.3 is 17.1 Å². The summed E-state index contributed by atoms with van der Waals surface area (Å²) in [6.45, 7) is 0. The van der Waals surface area contributed by atoms with Gasteiger partial charge in [0, 0.05) is 79.3 Å². The standard InChI is InChI=1S/Cs.Fe.H2O4S/c;;1-5(2,3)4/h;;(H2,1,2,3,4)/q;+2;/p-2. The quantitative estimate of drug-likeness (QED) is 0.301. The molecule has 0 aromatic rings. The van der Waals surface area contributed by atoms with Gasteiger partial charge in [0.05, 0.1) is 0 Å². The Labute approximate surface area is 111 Å². The minimum atomic E-state index is -5.17. The molecular weight excluding hydrogens is 285 g/mol. The van der Waals surface area contributed by atoms with Crippen LogP contribution in [0.1, 0.15) is 0 Å². The Morgan fingerprint density at radius 1 is 1.14 bits per heavy atom.